The summed E-state index contributed by atoms with van der Waals surface area (Å²) in [6, 6.07) is 0. The van der Waals surface area contributed by atoms with Gasteiger partial charge in [0.2, 0.25) is 0 Å². The SMILES string of the molecule is ClCCC=C1CCCC1. The Balaban J connectivity index is 2.22. The molecule has 0 unspecified atom stereocenters. The minimum Gasteiger partial charge on any atom is -0.126 e. The van der Waals surface area contributed by atoms with E-state index in [0.29, 0.717) is 0 Å². The molecule has 1 aliphatic rings. The molecule has 0 aromatic heterocycles. The van der Waals surface area contributed by atoms with Crippen molar-refractivity contribution in [2.45, 2.75) is 32.1 Å². The molecule has 0 aromatic rings. The van der Waals surface area contributed by atoms with Crippen LogP contribution in [0.2, 0.25) is 0 Å². The Bertz CT molecular complexity index is 97.1. The number of hydrogen-bond acceptors (Lipinski definition) is 0. The van der Waals surface area contributed by atoms with E-state index in [1.54, 1.807) is 5.57 Å². The monoisotopic (exact) mass is 144 g/mol. The highest BCUT2D eigenvalue weighted by molar-refractivity contribution is 6.17. The lowest BCUT2D eigenvalue weighted by Crippen LogP contribution is -1.73. The van der Waals surface area contributed by atoms with Crippen LogP contribution in [0.1, 0.15) is 32.1 Å². The molecule has 1 fully saturated rings. The lowest BCUT2D eigenvalue weighted by molar-refractivity contribution is 0.886. The Morgan fingerprint density at radius 2 is 2.00 bits per heavy atom. The van der Waals surface area contributed by atoms with Crippen LogP contribution in [0, 0.1) is 0 Å². The van der Waals surface area contributed by atoms with Gasteiger partial charge in [0.05, 0.1) is 0 Å². The molecule has 0 heterocycles. The van der Waals surface area contributed by atoms with Crippen LogP contribution in [0.5, 0.6) is 0 Å². The van der Waals surface area contributed by atoms with Gasteiger partial charge in [-0.25, -0.2) is 0 Å². The van der Waals surface area contributed by atoms with E-state index in [4.69, 9.17) is 11.6 Å². The van der Waals surface area contributed by atoms with Gasteiger partial charge in [-0.1, -0.05) is 11.6 Å². The minimum atomic E-state index is 0.781. The molecule has 0 nitrogen and oxygen atoms in total. The molecule has 0 saturated heterocycles. The predicted molar refractivity (Wildman–Crippen MR) is 41.9 cm³/mol. The number of halogens is 1. The summed E-state index contributed by atoms with van der Waals surface area (Å²) in [5.41, 5.74) is 1.63. The molecule has 0 N–H and O–H groups in total. The fraction of sp³-hybridized carbons (Fsp3) is 0.750. The molecule has 0 radical (unpaired) electrons. The molecule has 0 aromatic carbocycles. The summed E-state index contributed by atoms with van der Waals surface area (Å²) in [5, 5.41) is 0. The normalized spacial score (nSPS) is 18.6. The third kappa shape index (κ3) is 2.40. The maximum absolute atomic E-state index is 5.54. The molecule has 0 aliphatic heterocycles. The van der Waals surface area contributed by atoms with Crippen molar-refractivity contribution >= 4 is 11.6 Å². The van der Waals surface area contributed by atoms with Gasteiger partial charge in [-0.2, -0.15) is 0 Å². The summed E-state index contributed by atoms with van der Waals surface area (Å²) in [6.45, 7) is 0. The van der Waals surface area contributed by atoms with Gasteiger partial charge in [0.1, 0.15) is 0 Å². The highest BCUT2D eigenvalue weighted by Crippen LogP contribution is 2.23. The van der Waals surface area contributed by atoms with Crippen LogP contribution < -0.4 is 0 Å². The van der Waals surface area contributed by atoms with Crippen molar-refractivity contribution in [3.05, 3.63) is 11.6 Å². The van der Waals surface area contributed by atoms with Gasteiger partial charge in [0, 0.05) is 5.88 Å². The molecule has 0 spiro atoms. The smallest absolute Gasteiger partial charge is 0.0258 e. The van der Waals surface area contributed by atoms with Gasteiger partial charge >= 0.3 is 0 Å². The van der Waals surface area contributed by atoms with E-state index >= 15 is 0 Å². The summed E-state index contributed by atoms with van der Waals surface area (Å²) in [4.78, 5) is 0. The predicted octanol–water partition coefficient (Wildman–Crippen LogP) is 3.12. The maximum Gasteiger partial charge on any atom is 0.0258 e. The van der Waals surface area contributed by atoms with Gasteiger partial charge in [-0.05, 0) is 32.1 Å². The van der Waals surface area contributed by atoms with E-state index in [-0.39, 0.29) is 0 Å². The highest BCUT2D eigenvalue weighted by Gasteiger charge is 2.04. The fourth-order valence-corrected chi connectivity index (χ4v) is 1.40. The number of hydrogen-bond donors (Lipinski definition) is 0. The first-order chi connectivity index (χ1) is 4.43. The second-order valence-corrected chi connectivity index (χ2v) is 2.93. The van der Waals surface area contributed by atoms with Crippen molar-refractivity contribution in [3.63, 3.8) is 0 Å². The first kappa shape index (κ1) is 7.14. The van der Waals surface area contributed by atoms with Gasteiger partial charge in [-0.15, -0.1) is 11.6 Å². The Hall–Kier alpha value is 0.0300. The lowest BCUT2D eigenvalue weighted by atomic mass is 10.2. The zero-order chi connectivity index (χ0) is 6.53. The zero-order valence-electron chi connectivity index (χ0n) is 5.70. The van der Waals surface area contributed by atoms with Crippen molar-refractivity contribution in [3.8, 4) is 0 Å². The van der Waals surface area contributed by atoms with E-state index in [9.17, 15) is 0 Å². The molecule has 1 aliphatic carbocycles. The average Bonchev–Trinajstić information content (AvgIpc) is 2.34. The van der Waals surface area contributed by atoms with Crippen molar-refractivity contribution in [1.29, 1.82) is 0 Å². The summed E-state index contributed by atoms with van der Waals surface area (Å²) in [5.74, 6) is 0.781. The summed E-state index contributed by atoms with van der Waals surface area (Å²) in [7, 11) is 0. The molecule has 0 amide bonds. The minimum absolute atomic E-state index is 0.781. The van der Waals surface area contributed by atoms with Crippen LogP contribution in [0.25, 0.3) is 0 Å². The van der Waals surface area contributed by atoms with Crippen molar-refractivity contribution in [2.75, 3.05) is 5.88 Å². The first-order valence-electron chi connectivity index (χ1n) is 3.67. The van der Waals surface area contributed by atoms with Gasteiger partial charge in [0.25, 0.3) is 0 Å². The third-order valence-electron chi connectivity index (χ3n) is 1.79. The van der Waals surface area contributed by atoms with E-state index in [2.05, 4.69) is 6.08 Å². The van der Waals surface area contributed by atoms with Gasteiger partial charge in [0.15, 0.2) is 0 Å². The Labute approximate surface area is 61.9 Å². The van der Waals surface area contributed by atoms with Crippen LogP contribution in [-0.4, -0.2) is 5.88 Å². The number of rotatable bonds is 2. The standard InChI is InChI=1S/C8H13Cl/c9-7-3-6-8-4-1-2-5-8/h6H,1-5,7H2. The van der Waals surface area contributed by atoms with E-state index < -0.39 is 0 Å². The van der Waals surface area contributed by atoms with Crippen LogP contribution in [0.3, 0.4) is 0 Å². The molecule has 1 rings (SSSR count). The Morgan fingerprint density at radius 1 is 1.33 bits per heavy atom. The summed E-state index contributed by atoms with van der Waals surface area (Å²) < 4.78 is 0. The average molecular weight is 145 g/mol. The molecule has 0 bridgehead atoms. The molecule has 1 heteroatoms. The number of allylic oxidation sites excluding steroid dienone is 2. The third-order valence-corrected chi connectivity index (χ3v) is 2.01. The number of alkyl halides is 1. The van der Waals surface area contributed by atoms with E-state index in [1.165, 1.54) is 25.7 Å². The molecule has 52 valence electrons. The second kappa shape index (κ2) is 3.94. The topological polar surface area (TPSA) is 0 Å². The van der Waals surface area contributed by atoms with Gasteiger partial charge in [-0.3, -0.25) is 0 Å². The molecular weight excluding hydrogens is 132 g/mol. The first-order valence-corrected chi connectivity index (χ1v) is 4.21. The zero-order valence-corrected chi connectivity index (χ0v) is 6.45. The van der Waals surface area contributed by atoms with Crippen LogP contribution >= 0.6 is 11.6 Å². The van der Waals surface area contributed by atoms with Crippen molar-refractivity contribution in [1.82, 2.24) is 0 Å². The van der Waals surface area contributed by atoms with E-state index in [1.807, 2.05) is 0 Å². The Kier molecular flexibility index (Phi) is 3.13. The quantitative estimate of drug-likeness (QED) is 0.413. The largest absolute Gasteiger partial charge is 0.126 e. The van der Waals surface area contributed by atoms with E-state index in [0.717, 1.165) is 12.3 Å². The van der Waals surface area contributed by atoms with Crippen molar-refractivity contribution < 1.29 is 0 Å². The van der Waals surface area contributed by atoms with Crippen LogP contribution in [-0.2, 0) is 0 Å². The van der Waals surface area contributed by atoms with Crippen LogP contribution in [0.15, 0.2) is 11.6 Å². The molecular formula is C8H13Cl. The Morgan fingerprint density at radius 3 is 2.56 bits per heavy atom. The maximum atomic E-state index is 5.54. The molecule has 0 atom stereocenters. The molecule has 1 saturated carbocycles. The van der Waals surface area contributed by atoms with Crippen molar-refractivity contribution in [2.24, 2.45) is 0 Å². The highest BCUT2D eigenvalue weighted by atomic mass is 35.5. The summed E-state index contributed by atoms with van der Waals surface area (Å²) >= 11 is 5.54. The fourth-order valence-electron chi connectivity index (χ4n) is 1.29. The second-order valence-electron chi connectivity index (χ2n) is 2.55. The van der Waals surface area contributed by atoms with Gasteiger partial charge < -0.3 is 0 Å². The molecule has 9 heavy (non-hydrogen) atoms. The lowest BCUT2D eigenvalue weighted by Gasteiger charge is -1.91. The van der Waals surface area contributed by atoms with Crippen LogP contribution in [0.4, 0.5) is 0 Å². The summed E-state index contributed by atoms with van der Waals surface area (Å²) in [6.07, 6.45) is 8.83.